The number of rotatable bonds is 8. The minimum absolute atomic E-state index is 0.253. The highest BCUT2D eigenvalue weighted by molar-refractivity contribution is 7.98. The lowest BCUT2D eigenvalue weighted by atomic mass is 10.2. The summed E-state index contributed by atoms with van der Waals surface area (Å²) in [7, 11) is 0. The SMILES string of the molecule is NC(=O)CCn1c(SCc2nnc(-c3ccccc3Cl)o2)nnc1C1CC1. The van der Waals surface area contributed by atoms with Crippen LogP contribution in [0.5, 0.6) is 0 Å². The van der Waals surface area contributed by atoms with E-state index in [-0.39, 0.29) is 12.3 Å². The van der Waals surface area contributed by atoms with Gasteiger partial charge >= 0.3 is 0 Å². The van der Waals surface area contributed by atoms with Crippen molar-refractivity contribution in [3.8, 4) is 11.5 Å². The van der Waals surface area contributed by atoms with E-state index in [1.807, 2.05) is 22.8 Å². The summed E-state index contributed by atoms with van der Waals surface area (Å²) in [5.74, 6) is 2.28. The second kappa shape index (κ2) is 7.69. The Morgan fingerprint density at radius 3 is 2.81 bits per heavy atom. The first kappa shape index (κ1) is 18.0. The van der Waals surface area contributed by atoms with Crippen LogP contribution in [0.25, 0.3) is 11.5 Å². The molecular formula is C17H17ClN6O2S. The van der Waals surface area contributed by atoms with Crippen molar-refractivity contribution in [3.63, 3.8) is 0 Å². The van der Waals surface area contributed by atoms with Gasteiger partial charge in [-0.2, -0.15) is 0 Å². The van der Waals surface area contributed by atoms with E-state index in [4.69, 9.17) is 21.8 Å². The Morgan fingerprint density at radius 2 is 2.07 bits per heavy atom. The normalized spacial score (nSPS) is 13.8. The van der Waals surface area contributed by atoms with Crippen LogP contribution in [0.3, 0.4) is 0 Å². The Bertz CT molecular complexity index is 968. The van der Waals surface area contributed by atoms with Crippen LogP contribution in [0.15, 0.2) is 33.8 Å². The lowest BCUT2D eigenvalue weighted by Crippen LogP contribution is -2.15. The standard InChI is InChI=1S/C17H17ClN6O2S/c18-12-4-2-1-3-11(12)16-22-20-14(26-16)9-27-17-23-21-15(10-5-6-10)24(17)8-7-13(19)25/h1-4,10H,5-9H2,(H2,19,25). The van der Waals surface area contributed by atoms with Gasteiger partial charge in [0.05, 0.1) is 16.3 Å². The Hall–Kier alpha value is -2.39. The van der Waals surface area contributed by atoms with Gasteiger partial charge in [0.15, 0.2) is 5.16 Å². The van der Waals surface area contributed by atoms with Gasteiger partial charge in [0.25, 0.3) is 0 Å². The van der Waals surface area contributed by atoms with Gasteiger partial charge in [0, 0.05) is 18.9 Å². The van der Waals surface area contributed by atoms with Crippen LogP contribution in [0.4, 0.5) is 0 Å². The first-order valence-electron chi connectivity index (χ1n) is 8.53. The summed E-state index contributed by atoms with van der Waals surface area (Å²) < 4.78 is 7.69. The average Bonchev–Trinajstić information content (AvgIpc) is 3.25. The molecule has 8 nitrogen and oxygen atoms in total. The maximum Gasteiger partial charge on any atom is 0.249 e. The maximum atomic E-state index is 11.2. The maximum absolute atomic E-state index is 11.2. The molecular weight excluding hydrogens is 388 g/mol. The molecule has 1 amide bonds. The molecule has 0 spiro atoms. The van der Waals surface area contributed by atoms with E-state index in [0.717, 1.165) is 23.8 Å². The highest BCUT2D eigenvalue weighted by atomic mass is 35.5. The topological polar surface area (TPSA) is 113 Å². The third-order valence-electron chi connectivity index (χ3n) is 4.17. The molecule has 27 heavy (non-hydrogen) atoms. The number of carbonyl (C=O) groups excluding carboxylic acids is 1. The molecule has 2 aromatic heterocycles. The minimum Gasteiger partial charge on any atom is -0.420 e. The van der Waals surface area contributed by atoms with Gasteiger partial charge in [-0.1, -0.05) is 35.5 Å². The molecule has 1 aromatic carbocycles. The molecule has 0 atom stereocenters. The van der Waals surface area contributed by atoms with Gasteiger partial charge in [-0.3, -0.25) is 4.79 Å². The lowest BCUT2D eigenvalue weighted by molar-refractivity contribution is -0.118. The summed E-state index contributed by atoms with van der Waals surface area (Å²) in [6, 6.07) is 7.31. The van der Waals surface area contributed by atoms with Crippen molar-refractivity contribution in [3.05, 3.63) is 41.0 Å². The number of hydrogen-bond donors (Lipinski definition) is 1. The molecule has 2 N–H and O–H groups in total. The van der Waals surface area contributed by atoms with Crippen LogP contribution in [-0.2, 0) is 17.1 Å². The van der Waals surface area contributed by atoms with E-state index in [1.54, 1.807) is 6.07 Å². The van der Waals surface area contributed by atoms with Gasteiger partial charge in [-0.15, -0.1) is 20.4 Å². The van der Waals surface area contributed by atoms with E-state index in [2.05, 4.69) is 20.4 Å². The molecule has 2 heterocycles. The number of primary amides is 1. The fraction of sp³-hybridized carbons (Fsp3) is 0.353. The molecule has 4 rings (SSSR count). The molecule has 140 valence electrons. The zero-order chi connectivity index (χ0) is 18.8. The first-order chi connectivity index (χ1) is 13.1. The van der Waals surface area contributed by atoms with Crippen molar-refractivity contribution in [2.45, 2.75) is 42.6 Å². The smallest absolute Gasteiger partial charge is 0.249 e. The summed E-state index contributed by atoms with van der Waals surface area (Å²) >= 11 is 7.61. The minimum atomic E-state index is -0.345. The van der Waals surface area contributed by atoms with Crippen molar-refractivity contribution in [1.29, 1.82) is 0 Å². The van der Waals surface area contributed by atoms with Crippen LogP contribution >= 0.6 is 23.4 Å². The van der Waals surface area contributed by atoms with E-state index in [1.165, 1.54) is 11.8 Å². The van der Waals surface area contributed by atoms with E-state index < -0.39 is 0 Å². The van der Waals surface area contributed by atoms with Crippen molar-refractivity contribution in [2.75, 3.05) is 0 Å². The highest BCUT2D eigenvalue weighted by Gasteiger charge is 2.30. The predicted octanol–water partition coefficient (Wildman–Crippen LogP) is 3.03. The Morgan fingerprint density at radius 1 is 1.26 bits per heavy atom. The average molecular weight is 405 g/mol. The number of halogens is 1. The van der Waals surface area contributed by atoms with Gasteiger partial charge in [-0.25, -0.2) is 0 Å². The summed E-state index contributed by atoms with van der Waals surface area (Å²) in [5, 5.41) is 18.0. The number of thioether (sulfide) groups is 1. The molecule has 0 saturated heterocycles. The van der Waals surface area contributed by atoms with Crippen LogP contribution < -0.4 is 5.73 Å². The molecule has 0 bridgehead atoms. The Kier molecular flexibility index (Phi) is 5.13. The quantitative estimate of drug-likeness (QED) is 0.574. The van der Waals surface area contributed by atoms with Gasteiger partial charge in [-0.05, 0) is 25.0 Å². The Labute approximate surface area is 164 Å². The molecule has 0 unspecified atom stereocenters. The molecule has 10 heteroatoms. The number of aromatic nitrogens is 5. The molecule has 0 aliphatic heterocycles. The third kappa shape index (κ3) is 4.14. The summed E-state index contributed by atoms with van der Waals surface area (Å²) in [6.45, 7) is 0.477. The van der Waals surface area contributed by atoms with Crippen molar-refractivity contribution >= 4 is 29.3 Å². The fourth-order valence-electron chi connectivity index (χ4n) is 2.66. The summed E-state index contributed by atoms with van der Waals surface area (Å²) in [4.78, 5) is 11.2. The largest absolute Gasteiger partial charge is 0.420 e. The first-order valence-corrected chi connectivity index (χ1v) is 9.89. The van der Waals surface area contributed by atoms with E-state index >= 15 is 0 Å². The van der Waals surface area contributed by atoms with E-state index in [0.29, 0.717) is 40.6 Å². The van der Waals surface area contributed by atoms with Crippen molar-refractivity contribution < 1.29 is 9.21 Å². The number of amides is 1. The van der Waals surface area contributed by atoms with Crippen molar-refractivity contribution in [1.82, 2.24) is 25.0 Å². The van der Waals surface area contributed by atoms with Crippen LogP contribution in [0.1, 0.15) is 36.9 Å². The molecule has 1 aliphatic carbocycles. The number of carbonyl (C=O) groups is 1. The number of hydrogen-bond acceptors (Lipinski definition) is 7. The van der Waals surface area contributed by atoms with E-state index in [9.17, 15) is 4.79 Å². The zero-order valence-corrected chi connectivity index (χ0v) is 15.9. The zero-order valence-electron chi connectivity index (χ0n) is 14.3. The van der Waals surface area contributed by atoms with Gasteiger partial charge in [0.1, 0.15) is 5.82 Å². The highest BCUT2D eigenvalue weighted by Crippen LogP contribution is 2.40. The third-order valence-corrected chi connectivity index (χ3v) is 5.45. The second-order valence-corrected chi connectivity index (χ2v) is 7.60. The molecule has 1 saturated carbocycles. The van der Waals surface area contributed by atoms with Gasteiger partial charge in [0.2, 0.25) is 17.7 Å². The molecule has 3 aromatic rings. The fourth-order valence-corrected chi connectivity index (χ4v) is 3.69. The predicted molar refractivity (Wildman–Crippen MR) is 100 cm³/mol. The number of benzene rings is 1. The summed E-state index contributed by atoms with van der Waals surface area (Å²) in [6.07, 6.45) is 2.46. The van der Waals surface area contributed by atoms with Crippen LogP contribution in [0.2, 0.25) is 5.02 Å². The monoisotopic (exact) mass is 404 g/mol. The number of nitrogens with zero attached hydrogens (tertiary/aromatic N) is 5. The van der Waals surface area contributed by atoms with Crippen LogP contribution in [-0.4, -0.2) is 30.9 Å². The van der Waals surface area contributed by atoms with Crippen LogP contribution in [0, 0.1) is 0 Å². The summed E-state index contributed by atoms with van der Waals surface area (Å²) in [5.41, 5.74) is 5.99. The molecule has 1 aliphatic rings. The number of nitrogens with two attached hydrogens (primary N) is 1. The molecule has 1 fully saturated rings. The molecule has 0 radical (unpaired) electrons. The van der Waals surface area contributed by atoms with Gasteiger partial charge < -0.3 is 14.7 Å². The second-order valence-electron chi connectivity index (χ2n) is 6.25. The Balaban J connectivity index is 1.47. The lowest BCUT2D eigenvalue weighted by Gasteiger charge is -2.07. The van der Waals surface area contributed by atoms with Crippen molar-refractivity contribution in [2.24, 2.45) is 5.73 Å².